The van der Waals surface area contributed by atoms with Gasteiger partial charge in [0.05, 0.1) is 5.57 Å². The first kappa shape index (κ1) is 17.6. The zero-order valence-electron chi connectivity index (χ0n) is 15.6. The maximum atomic E-state index is 12.9. The van der Waals surface area contributed by atoms with E-state index in [1.807, 2.05) is 6.07 Å². The second-order valence-corrected chi connectivity index (χ2v) is 7.39. The summed E-state index contributed by atoms with van der Waals surface area (Å²) in [7, 11) is 0. The topological polar surface area (TPSA) is 85.3 Å². The highest BCUT2D eigenvalue weighted by Crippen LogP contribution is 2.41. The molecule has 2 aromatic carbocycles. The van der Waals surface area contributed by atoms with Crippen LogP contribution in [0.2, 0.25) is 0 Å². The summed E-state index contributed by atoms with van der Waals surface area (Å²) >= 11 is 0. The SMILES string of the molecule is O=C(O)C1=CC2(CCN(C(=O)c3ccc4c(c3)OCO4)CC2)Oc2ccccc21. The van der Waals surface area contributed by atoms with Gasteiger partial charge in [0.1, 0.15) is 11.4 Å². The number of nitrogens with zero attached hydrogens (tertiary/aromatic N) is 1. The molecule has 0 atom stereocenters. The van der Waals surface area contributed by atoms with Crippen LogP contribution in [0.1, 0.15) is 28.8 Å². The normalized spacial score (nSPS) is 18.6. The average Bonchev–Trinajstić information content (AvgIpc) is 3.21. The minimum atomic E-state index is -0.973. The molecule has 0 aromatic heterocycles. The Hall–Kier alpha value is -3.48. The van der Waals surface area contributed by atoms with Gasteiger partial charge in [-0.05, 0) is 30.3 Å². The lowest BCUT2D eigenvalue weighted by molar-refractivity contribution is -0.130. The number of hydrogen-bond acceptors (Lipinski definition) is 5. The molecule has 1 amide bonds. The van der Waals surface area contributed by atoms with Crippen LogP contribution in [-0.4, -0.2) is 47.4 Å². The van der Waals surface area contributed by atoms with Crippen LogP contribution >= 0.6 is 0 Å². The predicted molar refractivity (Wildman–Crippen MR) is 103 cm³/mol. The third kappa shape index (κ3) is 2.99. The van der Waals surface area contributed by atoms with Crippen molar-refractivity contribution in [1.82, 2.24) is 4.90 Å². The van der Waals surface area contributed by atoms with Gasteiger partial charge in [-0.25, -0.2) is 4.79 Å². The quantitative estimate of drug-likeness (QED) is 0.844. The van der Waals surface area contributed by atoms with E-state index in [0.29, 0.717) is 54.3 Å². The van der Waals surface area contributed by atoms with E-state index in [1.165, 1.54) is 0 Å². The van der Waals surface area contributed by atoms with Crippen LogP contribution in [0.4, 0.5) is 0 Å². The lowest BCUT2D eigenvalue weighted by Gasteiger charge is -2.42. The first-order valence-corrected chi connectivity index (χ1v) is 9.48. The largest absolute Gasteiger partial charge is 0.482 e. The molecule has 3 aliphatic heterocycles. The van der Waals surface area contributed by atoms with Crippen molar-refractivity contribution in [2.45, 2.75) is 18.4 Å². The molecule has 1 saturated heterocycles. The zero-order chi connectivity index (χ0) is 20.0. The number of benzene rings is 2. The Bertz CT molecular complexity index is 1040. The summed E-state index contributed by atoms with van der Waals surface area (Å²) in [5, 5.41) is 9.65. The molecule has 2 aromatic rings. The van der Waals surface area contributed by atoms with Crippen molar-refractivity contribution in [1.29, 1.82) is 0 Å². The fourth-order valence-electron chi connectivity index (χ4n) is 4.09. The number of carboxylic acids is 1. The van der Waals surface area contributed by atoms with Crippen LogP contribution in [0.5, 0.6) is 17.2 Å². The van der Waals surface area contributed by atoms with E-state index in [4.69, 9.17) is 14.2 Å². The van der Waals surface area contributed by atoms with Gasteiger partial charge in [-0.15, -0.1) is 0 Å². The Morgan fingerprint density at radius 3 is 2.52 bits per heavy atom. The number of carbonyl (C=O) groups excluding carboxylic acids is 1. The zero-order valence-corrected chi connectivity index (χ0v) is 15.6. The number of likely N-dealkylation sites (tertiary alicyclic amines) is 1. The Balaban J connectivity index is 1.35. The second kappa shape index (κ2) is 6.55. The van der Waals surface area contributed by atoms with Crippen molar-refractivity contribution in [2.24, 2.45) is 0 Å². The molecular weight excluding hydrogens is 374 g/mol. The van der Waals surface area contributed by atoms with Gasteiger partial charge in [0.25, 0.3) is 5.91 Å². The number of rotatable bonds is 2. The van der Waals surface area contributed by atoms with Crippen molar-refractivity contribution >= 4 is 17.4 Å². The molecule has 148 valence electrons. The van der Waals surface area contributed by atoms with Crippen LogP contribution in [0.15, 0.2) is 48.5 Å². The molecule has 7 nitrogen and oxygen atoms in total. The number of para-hydroxylation sites is 1. The smallest absolute Gasteiger partial charge is 0.336 e. The molecule has 29 heavy (non-hydrogen) atoms. The number of amides is 1. The highest BCUT2D eigenvalue weighted by molar-refractivity contribution is 6.16. The van der Waals surface area contributed by atoms with E-state index in [1.54, 1.807) is 47.4 Å². The summed E-state index contributed by atoms with van der Waals surface area (Å²) in [6.07, 6.45) is 2.75. The van der Waals surface area contributed by atoms with Crippen LogP contribution in [0, 0.1) is 0 Å². The molecule has 3 aliphatic rings. The molecule has 5 rings (SSSR count). The van der Waals surface area contributed by atoms with Crippen LogP contribution in [-0.2, 0) is 4.79 Å². The van der Waals surface area contributed by atoms with Crippen LogP contribution in [0.25, 0.3) is 5.57 Å². The number of ether oxygens (including phenoxy) is 3. The lowest BCUT2D eigenvalue weighted by atomic mass is 9.84. The summed E-state index contributed by atoms with van der Waals surface area (Å²) in [5.74, 6) is 0.726. The molecule has 3 heterocycles. The molecule has 1 N–H and O–H groups in total. The second-order valence-electron chi connectivity index (χ2n) is 7.39. The molecule has 0 unspecified atom stereocenters. The van der Waals surface area contributed by atoms with E-state index < -0.39 is 11.6 Å². The monoisotopic (exact) mass is 393 g/mol. The van der Waals surface area contributed by atoms with E-state index in [-0.39, 0.29) is 18.3 Å². The van der Waals surface area contributed by atoms with Gasteiger partial charge in [-0.3, -0.25) is 4.79 Å². The van der Waals surface area contributed by atoms with Crippen molar-refractivity contribution in [3.8, 4) is 17.2 Å². The summed E-state index contributed by atoms with van der Waals surface area (Å²) in [6.45, 7) is 1.11. The van der Waals surface area contributed by atoms with Crippen molar-refractivity contribution in [3.05, 3.63) is 59.7 Å². The third-order valence-corrected chi connectivity index (χ3v) is 5.64. The van der Waals surface area contributed by atoms with Crippen molar-refractivity contribution < 1.29 is 28.9 Å². The van der Waals surface area contributed by atoms with Gasteiger partial charge in [-0.1, -0.05) is 18.2 Å². The fraction of sp³-hybridized carbons (Fsp3) is 0.273. The molecular formula is C22H19NO6. The molecule has 7 heteroatoms. The highest BCUT2D eigenvalue weighted by atomic mass is 16.7. The van der Waals surface area contributed by atoms with Crippen LogP contribution in [0.3, 0.4) is 0 Å². The van der Waals surface area contributed by atoms with E-state index in [9.17, 15) is 14.7 Å². The Labute approximate surface area is 167 Å². The Morgan fingerprint density at radius 1 is 0.966 bits per heavy atom. The van der Waals surface area contributed by atoms with Crippen LogP contribution < -0.4 is 14.2 Å². The summed E-state index contributed by atoms with van der Waals surface area (Å²) in [6, 6.07) is 12.3. The van der Waals surface area contributed by atoms with Gasteiger partial charge in [-0.2, -0.15) is 0 Å². The van der Waals surface area contributed by atoms with Gasteiger partial charge < -0.3 is 24.2 Å². The van der Waals surface area contributed by atoms with Gasteiger partial charge in [0.15, 0.2) is 11.5 Å². The maximum absolute atomic E-state index is 12.9. The predicted octanol–water partition coefficient (Wildman–Crippen LogP) is 2.95. The van der Waals surface area contributed by atoms with Gasteiger partial charge in [0.2, 0.25) is 6.79 Å². The van der Waals surface area contributed by atoms with E-state index in [0.717, 1.165) is 0 Å². The standard InChI is InChI=1S/C22H19NO6/c24-20(14-5-6-18-19(11-14)28-13-27-18)23-9-7-22(8-10-23)12-16(21(25)26)15-3-1-2-4-17(15)29-22/h1-6,11-12H,7-10,13H2,(H,25,26). The minimum Gasteiger partial charge on any atom is -0.482 e. The molecule has 0 aliphatic carbocycles. The average molecular weight is 393 g/mol. The molecule has 0 radical (unpaired) electrons. The number of aliphatic carboxylic acids is 1. The van der Waals surface area contributed by atoms with Gasteiger partial charge >= 0.3 is 5.97 Å². The molecule has 0 bridgehead atoms. The number of carbonyl (C=O) groups is 2. The lowest BCUT2D eigenvalue weighted by Crippen LogP contribution is -2.50. The highest BCUT2D eigenvalue weighted by Gasteiger charge is 2.41. The number of piperidine rings is 1. The Morgan fingerprint density at radius 2 is 1.72 bits per heavy atom. The molecule has 1 spiro atoms. The fourth-order valence-corrected chi connectivity index (χ4v) is 4.09. The van der Waals surface area contributed by atoms with Crippen molar-refractivity contribution in [3.63, 3.8) is 0 Å². The summed E-state index contributed by atoms with van der Waals surface area (Å²) in [4.78, 5) is 26.5. The Kier molecular flexibility index (Phi) is 3.97. The van der Waals surface area contributed by atoms with E-state index in [2.05, 4.69) is 0 Å². The first-order valence-electron chi connectivity index (χ1n) is 9.48. The van der Waals surface area contributed by atoms with E-state index >= 15 is 0 Å². The third-order valence-electron chi connectivity index (χ3n) is 5.64. The van der Waals surface area contributed by atoms with Gasteiger partial charge in [0, 0.05) is 37.1 Å². The first-order chi connectivity index (χ1) is 14.0. The minimum absolute atomic E-state index is 0.0863. The number of carboxylic acid groups (broad SMARTS) is 1. The summed E-state index contributed by atoms with van der Waals surface area (Å²) in [5.41, 5.74) is 0.669. The van der Waals surface area contributed by atoms with Crippen molar-refractivity contribution in [2.75, 3.05) is 19.9 Å². The molecule has 0 saturated carbocycles. The summed E-state index contributed by atoms with van der Waals surface area (Å²) < 4.78 is 16.9. The molecule has 1 fully saturated rings. The maximum Gasteiger partial charge on any atom is 0.336 e. The number of fused-ring (bicyclic) bond motifs is 2. The number of hydrogen-bond donors (Lipinski definition) is 1.